The van der Waals surface area contributed by atoms with E-state index in [0.717, 1.165) is 28.4 Å². The van der Waals surface area contributed by atoms with Crippen molar-refractivity contribution in [1.82, 2.24) is 0 Å². The maximum atomic E-state index is 9.94. The normalized spacial score (nSPS) is 17.9. The van der Waals surface area contributed by atoms with Gasteiger partial charge in [0.15, 0.2) is 0 Å². The van der Waals surface area contributed by atoms with Gasteiger partial charge in [-0.25, -0.2) is 0 Å². The van der Waals surface area contributed by atoms with Crippen molar-refractivity contribution in [2.45, 2.75) is 32.1 Å². The Kier molecular flexibility index (Phi) is 2.55. The number of rotatable bonds is 2. The Hall–Kier alpha value is -0.540. The van der Waals surface area contributed by atoms with Crippen molar-refractivity contribution in [3.63, 3.8) is 0 Å². The van der Waals surface area contributed by atoms with Crippen LogP contribution in [0.1, 0.15) is 29.5 Å². The van der Waals surface area contributed by atoms with Crippen LogP contribution < -0.4 is 5.73 Å². The lowest BCUT2D eigenvalue weighted by atomic mass is 9.90. The molecule has 1 fully saturated rings. The molecule has 0 aromatic heterocycles. The summed E-state index contributed by atoms with van der Waals surface area (Å²) < 4.78 is 1.08. The van der Waals surface area contributed by atoms with E-state index in [2.05, 4.69) is 15.9 Å². The van der Waals surface area contributed by atoms with Crippen molar-refractivity contribution in [3.05, 3.63) is 27.2 Å². The second-order valence-electron chi connectivity index (χ2n) is 4.51. The molecule has 1 aliphatic carbocycles. The third-order valence-corrected chi connectivity index (χ3v) is 4.09. The zero-order valence-electron chi connectivity index (χ0n) is 9.10. The number of phenolic OH excluding ortho intramolecular Hbond substituents is 1. The van der Waals surface area contributed by atoms with Crippen molar-refractivity contribution < 1.29 is 5.11 Å². The predicted molar refractivity (Wildman–Crippen MR) is 65.2 cm³/mol. The summed E-state index contributed by atoms with van der Waals surface area (Å²) >= 11 is 3.58. The largest absolute Gasteiger partial charge is 0.507 e. The van der Waals surface area contributed by atoms with Crippen LogP contribution in [0.15, 0.2) is 10.5 Å². The van der Waals surface area contributed by atoms with Crippen LogP contribution in [0.4, 0.5) is 0 Å². The summed E-state index contributed by atoms with van der Waals surface area (Å²) in [7, 11) is 0. The van der Waals surface area contributed by atoms with Crippen LogP contribution >= 0.6 is 15.9 Å². The first-order chi connectivity index (χ1) is 7.02. The smallest absolute Gasteiger partial charge is 0.121 e. The number of hydrogen-bond donors (Lipinski definition) is 2. The molecule has 2 rings (SSSR count). The summed E-state index contributed by atoms with van der Waals surface area (Å²) in [5, 5.41) is 9.94. The molecule has 0 amide bonds. The Morgan fingerprint density at radius 1 is 1.47 bits per heavy atom. The van der Waals surface area contributed by atoms with Crippen LogP contribution in [0, 0.1) is 13.8 Å². The molecule has 82 valence electrons. The van der Waals surface area contributed by atoms with Gasteiger partial charge < -0.3 is 10.8 Å². The highest BCUT2D eigenvalue weighted by Crippen LogP contribution is 2.52. The zero-order valence-corrected chi connectivity index (χ0v) is 10.7. The second kappa shape index (κ2) is 3.49. The van der Waals surface area contributed by atoms with Crippen LogP contribution in [-0.4, -0.2) is 11.7 Å². The van der Waals surface area contributed by atoms with Crippen molar-refractivity contribution in [2.24, 2.45) is 5.73 Å². The van der Waals surface area contributed by atoms with Crippen molar-refractivity contribution in [3.8, 4) is 5.75 Å². The molecule has 0 radical (unpaired) electrons. The second-order valence-corrected chi connectivity index (χ2v) is 5.36. The van der Waals surface area contributed by atoms with Gasteiger partial charge in [0.25, 0.3) is 0 Å². The summed E-state index contributed by atoms with van der Waals surface area (Å²) in [6.07, 6.45) is 2.26. The quantitative estimate of drug-likeness (QED) is 0.868. The number of halogens is 1. The summed E-state index contributed by atoms with van der Waals surface area (Å²) in [5.41, 5.74) is 9.03. The third kappa shape index (κ3) is 1.58. The predicted octanol–water partition coefficient (Wildman–Crippen LogP) is 2.76. The van der Waals surface area contributed by atoms with Gasteiger partial charge in [0.1, 0.15) is 5.75 Å². The fraction of sp³-hybridized carbons (Fsp3) is 0.500. The van der Waals surface area contributed by atoms with Crippen LogP contribution in [0.2, 0.25) is 0 Å². The average Bonchev–Trinajstić information content (AvgIpc) is 2.96. The van der Waals surface area contributed by atoms with Gasteiger partial charge in [-0.2, -0.15) is 0 Å². The molecule has 0 saturated heterocycles. The van der Waals surface area contributed by atoms with E-state index in [1.807, 2.05) is 19.9 Å². The number of nitrogens with two attached hydrogens (primary N) is 1. The lowest BCUT2D eigenvalue weighted by Gasteiger charge is -2.20. The van der Waals surface area contributed by atoms with Crippen LogP contribution in [-0.2, 0) is 5.41 Å². The Morgan fingerprint density at radius 2 is 2.07 bits per heavy atom. The number of phenols is 1. The Bertz CT molecular complexity index is 411. The molecule has 0 aliphatic heterocycles. The first kappa shape index (κ1) is 11.0. The van der Waals surface area contributed by atoms with Gasteiger partial charge >= 0.3 is 0 Å². The Balaban J connectivity index is 2.62. The van der Waals surface area contributed by atoms with Crippen molar-refractivity contribution >= 4 is 15.9 Å². The average molecular weight is 270 g/mol. The maximum Gasteiger partial charge on any atom is 0.121 e. The molecule has 0 bridgehead atoms. The highest BCUT2D eigenvalue weighted by Gasteiger charge is 2.45. The third-order valence-electron chi connectivity index (χ3n) is 3.46. The van der Waals surface area contributed by atoms with E-state index in [1.54, 1.807) is 0 Å². The van der Waals surface area contributed by atoms with Crippen molar-refractivity contribution in [1.29, 1.82) is 0 Å². The molecule has 0 unspecified atom stereocenters. The molecule has 0 heterocycles. The van der Waals surface area contributed by atoms with Gasteiger partial charge in [-0.1, -0.05) is 15.9 Å². The highest BCUT2D eigenvalue weighted by molar-refractivity contribution is 9.10. The highest BCUT2D eigenvalue weighted by atomic mass is 79.9. The number of aromatic hydroxyl groups is 1. The summed E-state index contributed by atoms with van der Waals surface area (Å²) in [6.45, 7) is 4.55. The van der Waals surface area contributed by atoms with Gasteiger partial charge in [-0.05, 0) is 49.4 Å². The lowest BCUT2D eigenvalue weighted by Crippen LogP contribution is -2.21. The van der Waals surface area contributed by atoms with E-state index in [1.165, 1.54) is 5.56 Å². The van der Waals surface area contributed by atoms with Crippen molar-refractivity contribution in [2.75, 3.05) is 6.54 Å². The topological polar surface area (TPSA) is 46.2 Å². The molecule has 15 heavy (non-hydrogen) atoms. The molecule has 3 N–H and O–H groups in total. The van der Waals surface area contributed by atoms with E-state index in [0.29, 0.717) is 12.3 Å². The van der Waals surface area contributed by atoms with Gasteiger partial charge in [-0.3, -0.25) is 0 Å². The van der Waals surface area contributed by atoms with E-state index >= 15 is 0 Å². The number of hydrogen-bond acceptors (Lipinski definition) is 2. The molecular weight excluding hydrogens is 254 g/mol. The Labute approximate surface area is 98.6 Å². The van der Waals surface area contributed by atoms with Crippen LogP contribution in [0.5, 0.6) is 5.75 Å². The van der Waals surface area contributed by atoms with E-state index < -0.39 is 0 Å². The molecular formula is C12H16BrNO. The molecule has 1 saturated carbocycles. The van der Waals surface area contributed by atoms with E-state index in [-0.39, 0.29) is 5.41 Å². The lowest BCUT2D eigenvalue weighted by molar-refractivity contribution is 0.464. The minimum absolute atomic E-state index is 0.119. The maximum absolute atomic E-state index is 9.94. The summed E-state index contributed by atoms with van der Waals surface area (Å²) in [4.78, 5) is 0. The SMILES string of the molecule is Cc1cc(Br)c(C2(CN)CC2)c(C)c1O. The fourth-order valence-corrected chi connectivity index (χ4v) is 3.34. The summed E-state index contributed by atoms with van der Waals surface area (Å²) in [6, 6.07) is 1.98. The first-order valence-corrected chi connectivity index (χ1v) is 6.00. The van der Waals surface area contributed by atoms with Gasteiger partial charge in [0.2, 0.25) is 0 Å². The first-order valence-electron chi connectivity index (χ1n) is 5.21. The minimum atomic E-state index is 0.119. The molecule has 3 heteroatoms. The van der Waals surface area contributed by atoms with Gasteiger partial charge in [0.05, 0.1) is 0 Å². The molecule has 0 spiro atoms. The summed E-state index contributed by atoms with van der Waals surface area (Å²) in [5.74, 6) is 0.410. The monoisotopic (exact) mass is 269 g/mol. The van der Waals surface area contributed by atoms with Gasteiger partial charge in [0, 0.05) is 16.4 Å². The molecule has 0 atom stereocenters. The van der Waals surface area contributed by atoms with E-state index in [9.17, 15) is 5.11 Å². The van der Waals surface area contributed by atoms with E-state index in [4.69, 9.17) is 5.73 Å². The molecule has 1 aliphatic rings. The standard InChI is InChI=1S/C12H16BrNO/c1-7-5-9(13)10(8(2)11(7)15)12(6-14)3-4-12/h5,15H,3-4,6,14H2,1-2H3. The minimum Gasteiger partial charge on any atom is -0.507 e. The fourth-order valence-electron chi connectivity index (χ4n) is 2.28. The van der Waals surface area contributed by atoms with Crippen LogP contribution in [0.3, 0.4) is 0 Å². The zero-order chi connectivity index (χ0) is 11.2. The molecule has 1 aromatic rings. The number of aryl methyl sites for hydroxylation is 1. The molecule has 2 nitrogen and oxygen atoms in total. The van der Waals surface area contributed by atoms with Gasteiger partial charge in [-0.15, -0.1) is 0 Å². The molecule has 1 aromatic carbocycles. The number of benzene rings is 1. The Morgan fingerprint density at radius 3 is 2.53 bits per heavy atom. The van der Waals surface area contributed by atoms with Crippen LogP contribution in [0.25, 0.3) is 0 Å².